The highest BCUT2D eigenvalue weighted by Crippen LogP contribution is 2.25. The van der Waals surface area contributed by atoms with Crippen molar-refractivity contribution in [2.75, 3.05) is 32.8 Å². The molecule has 2 heterocycles. The van der Waals surface area contributed by atoms with E-state index in [4.69, 9.17) is 4.74 Å². The maximum absolute atomic E-state index is 12.8. The van der Waals surface area contributed by atoms with E-state index in [1.807, 2.05) is 11.0 Å². The summed E-state index contributed by atoms with van der Waals surface area (Å²) < 4.78 is 6.12. The maximum Gasteiger partial charge on any atom is 0.281 e. The number of carbonyl (C=O) groups excluding carboxylic acids is 1. The molecule has 2 aliphatic heterocycles. The van der Waals surface area contributed by atoms with E-state index in [0.717, 1.165) is 0 Å². The first-order chi connectivity index (χ1) is 12.0. The molecule has 2 saturated heterocycles. The molecule has 1 aromatic carbocycles. The van der Waals surface area contributed by atoms with E-state index < -0.39 is 5.03 Å². The van der Waals surface area contributed by atoms with Crippen LogP contribution in [0.3, 0.4) is 0 Å². The summed E-state index contributed by atoms with van der Waals surface area (Å²) in [5.41, 5.74) is 0.456. The second-order valence-corrected chi connectivity index (χ2v) is 7.15. The fourth-order valence-electron chi connectivity index (χ4n) is 3.15. The van der Waals surface area contributed by atoms with Crippen LogP contribution in [0.1, 0.15) is 17.3 Å². The Labute approximate surface area is 153 Å². The lowest BCUT2D eigenvalue weighted by molar-refractivity contribution is -0.486. The van der Waals surface area contributed by atoms with Gasteiger partial charge in [0.05, 0.1) is 12.2 Å². The fraction of sp³-hybridized carbons (Fsp3) is 0.500. The molecule has 0 aliphatic carbocycles. The number of benzene rings is 1. The largest absolute Gasteiger partial charge is 0.381 e. The minimum Gasteiger partial charge on any atom is -0.381 e. The topological polar surface area (TPSA) is 88.3 Å². The normalized spacial score (nSPS) is 25.0. The van der Waals surface area contributed by atoms with Crippen LogP contribution in [0.15, 0.2) is 33.8 Å². The Morgan fingerprint density at radius 3 is 2.80 bits per heavy atom. The number of carbonyl (C=O) groups is 1. The first kappa shape index (κ1) is 17.8. The van der Waals surface area contributed by atoms with Crippen molar-refractivity contribution in [2.24, 2.45) is 16.9 Å². The highest BCUT2D eigenvalue weighted by atomic mass is 79.9. The summed E-state index contributed by atoms with van der Waals surface area (Å²) in [6.45, 7) is 4.90. The van der Waals surface area contributed by atoms with Gasteiger partial charge in [-0.1, -0.05) is 19.1 Å². The van der Waals surface area contributed by atoms with E-state index in [1.165, 1.54) is 4.90 Å². The third-order valence-corrected chi connectivity index (χ3v) is 5.30. The number of hydrazone groups is 1. The van der Waals surface area contributed by atoms with Gasteiger partial charge in [0.25, 0.3) is 11.9 Å². The molecule has 9 heteroatoms. The zero-order valence-electron chi connectivity index (χ0n) is 13.8. The van der Waals surface area contributed by atoms with Crippen LogP contribution in [0.4, 0.5) is 0 Å². The quantitative estimate of drug-likeness (QED) is 0.559. The van der Waals surface area contributed by atoms with Gasteiger partial charge in [-0.2, -0.15) is 0 Å². The summed E-state index contributed by atoms with van der Waals surface area (Å²) in [5, 5.41) is 13.7. The molecule has 0 N–H and O–H groups in total. The van der Waals surface area contributed by atoms with Gasteiger partial charge in [-0.3, -0.25) is 9.69 Å². The van der Waals surface area contributed by atoms with E-state index in [2.05, 4.69) is 28.0 Å². The summed E-state index contributed by atoms with van der Waals surface area (Å²) in [5.74, 6) is 0.455. The SMILES string of the molecule is CC1COCC1CN1CCN(C(=O)c2ccccc2Br)C1=N[N+](=O)[O-]. The van der Waals surface area contributed by atoms with E-state index in [-0.39, 0.29) is 17.8 Å². The molecule has 134 valence electrons. The van der Waals surface area contributed by atoms with Crippen LogP contribution in [0.2, 0.25) is 0 Å². The van der Waals surface area contributed by atoms with Crippen LogP contribution in [-0.4, -0.2) is 59.5 Å². The molecule has 2 fully saturated rings. The minimum atomic E-state index is -0.747. The molecule has 25 heavy (non-hydrogen) atoms. The molecular weight excluding hydrogens is 392 g/mol. The van der Waals surface area contributed by atoms with Crippen LogP contribution >= 0.6 is 15.9 Å². The van der Waals surface area contributed by atoms with E-state index in [1.54, 1.807) is 18.2 Å². The predicted octanol–water partition coefficient (Wildman–Crippen LogP) is 2.04. The summed E-state index contributed by atoms with van der Waals surface area (Å²) >= 11 is 3.36. The lowest BCUT2D eigenvalue weighted by Crippen LogP contribution is -2.41. The predicted molar refractivity (Wildman–Crippen MR) is 94.7 cm³/mol. The molecule has 0 saturated carbocycles. The van der Waals surface area contributed by atoms with E-state index in [0.29, 0.717) is 48.8 Å². The Hall–Kier alpha value is -2.00. The second kappa shape index (κ2) is 7.49. The monoisotopic (exact) mass is 410 g/mol. The summed E-state index contributed by atoms with van der Waals surface area (Å²) in [6.07, 6.45) is 0. The molecule has 0 spiro atoms. The van der Waals surface area contributed by atoms with Crippen LogP contribution in [-0.2, 0) is 4.74 Å². The number of rotatable bonds is 4. The average Bonchev–Trinajstić information content (AvgIpc) is 3.14. The van der Waals surface area contributed by atoms with Crippen molar-refractivity contribution in [3.8, 4) is 0 Å². The first-order valence-corrected chi connectivity index (χ1v) is 8.88. The standard InChI is InChI=1S/C16H19BrN4O4/c1-11-9-25-10-12(11)8-19-6-7-20(16(19)18-21(23)24)15(22)13-4-2-3-5-14(13)17/h2-5,11-12H,6-10H2,1H3. The zero-order valence-corrected chi connectivity index (χ0v) is 15.4. The van der Waals surface area contributed by atoms with E-state index in [9.17, 15) is 14.9 Å². The van der Waals surface area contributed by atoms with Gasteiger partial charge in [-0.15, -0.1) is 0 Å². The Morgan fingerprint density at radius 1 is 1.40 bits per heavy atom. The molecule has 8 nitrogen and oxygen atoms in total. The van der Waals surface area contributed by atoms with Gasteiger partial charge in [0.2, 0.25) is 0 Å². The lowest BCUT2D eigenvalue weighted by Gasteiger charge is -2.23. The van der Waals surface area contributed by atoms with Crippen molar-refractivity contribution in [3.05, 3.63) is 44.4 Å². The number of hydrogen-bond acceptors (Lipinski definition) is 4. The molecule has 2 atom stereocenters. The molecule has 0 bridgehead atoms. The van der Waals surface area contributed by atoms with Crippen LogP contribution in [0.25, 0.3) is 0 Å². The van der Waals surface area contributed by atoms with Crippen molar-refractivity contribution < 1.29 is 14.6 Å². The van der Waals surface area contributed by atoms with Crippen LogP contribution < -0.4 is 0 Å². The van der Waals surface area contributed by atoms with Gasteiger partial charge >= 0.3 is 0 Å². The molecule has 1 aromatic rings. The van der Waals surface area contributed by atoms with Gasteiger partial charge < -0.3 is 9.64 Å². The lowest BCUT2D eigenvalue weighted by atomic mass is 9.98. The number of guanidine groups is 1. The summed E-state index contributed by atoms with van der Waals surface area (Å²) in [4.78, 5) is 27.0. The second-order valence-electron chi connectivity index (χ2n) is 6.30. The third kappa shape index (κ3) is 3.82. The van der Waals surface area contributed by atoms with Gasteiger partial charge in [-0.05, 0) is 34.0 Å². The summed E-state index contributed by atoms with van der Waals surface area (Å²) in [7, 11) is 0. The van der Waals surface area contributed by atoms with Crippen LogP contribution in [0.5, 0.6) is 0 Å². The van der Waals surface area contributed by atoms with Crippen LogP contribution in [0, 0.1) is 22.0 Å². The van der Waals surface area contributed by atoms with E-state index >= 15 is 0 Å². The molecule has 2 aliphatic rings. The molecule has 0 aromatic heterocycles. The average molecular weight is 411 g/mol. The number of halogens is 1. The number of amides is 1. The van der Waals surface area contributed by atoms with Crippen molar-refractivity contribution in [2.45, 2.75) is 6.92 Å². The van der Waals surface area contributed by atoms with Crippen molar-refractivity contribution in [1.29, 1.82) is 0 Å². The first-order valence-electron chi connectivity index (χ1n) is 8.09. The Kier molecular flexibility index (Phi) is 5.33. The van der Waals surface area contributed by atoms with Gasteiger partial charge in [0.1, 0.15) is 5.10 Å². The zero-order chi connectivity index (χ0) is 18.0. The highest BCUT2D eigenvalue weighted by molar-refractivity contribution is 9.10. The molecular formula is C16H19BrN4O4. The molecule has 3 rings (SSSR count). The van der Waals surface area contributed by atoms with Gasteiger partial charge in [0, 0.05) is 36.6 Å². The number of nitrogens with zero attached hydrogens (tertiary/aromatic N) is 4. The van der Waals surface area contributed by atoms with Gasteiger partial charge in [-0.25, -0.2) is 10.1 Å². The smallest absolute Gasteiger partial charge is 0.281 e. The summed E-state index contributed by atoms with van der Waals surface area (Å²) in [6, 6.07) is 7.02. The van der Waals surface area contributed by atoms with Crippen molar-refractivity contribution in [3.63, 3.8) is 0 Å². The number of nitro groups is 1. The molecule has 2 unspecified atom stereocenters. The Morgan fingerprint density at radius 2 is 2.16 bits per heavy atom. The Balaban J connectivity index is 1.83. The maximum atomic E-state index is 12.8. The molecule has 0 radical (unpaired) electrons. The highest BCUT2D eigenvalue weighted by Gasteiger charge is 2.37. The number of hydrogen-bond donors (Lipinski definition) is 0. The van der Waals surface area contributed by atoms with Gasteiger partial charge in [0.15, 0.2) is 5.03 Å². The minimum absolute atomic E-state index is 0.102. The number of ether oxygens (including phenoxy) is 1. The Bertz CT molecular complexity index is 711. The molecule has 1 amide bonds. The third-order valence-electron chi connectivity index (χ3n) is 4.61. The van der Waals surface area contributed by atoms with Crippen molar-refractivity contribution in [1.82, 2.24) is 9.80 Å². The fourth-order valence-corrected chi connectivity index (χ4v) is 3.60. The van der Waals surface area contributed by atoms with Crippen molar-refractivity contribution >= 4 is 27.8 Å².